The molecule has 9 heteroatoms. The average molecular weight is 465 g/mol. The summed E-state index contributed by atoms with van der Waals surface area (Å²) in [6.45, 7) is 2.78. The maximum Gasteiger partial charge on any atom is 0.279 e. The van der Waals surface area contributed by atoms with Crippen molar-refractivity contribution in [2.45, 2.75) is 18.6 Å². The van der Waals surface area contributed by atoms with Gasteiger partial charge in [-0.15, -0.1) is 11.3 Å². The number of nitrogens with zero attached hydrogens (tertiary/aromatic N) is 2. The maximum atomic E-state index is 12.0. The number of amides is 2. The molecule has 140 valence electrons. The van der Waals surface area contributed by atoms with Gasteiger partial charge in [0.2, 0.25) is 5.91 Å². The van der Waals surface area contributed by atoms with E-state index in [1.807, 2.05) is 37.4 Å². The molecule has 0 fully saturated rings. The van der Waals surface area contributed by atoms with Crippen molar-refractivity contribution in [3.05, 3.63) is 57.3 Å². The van der Waals surface area contributed by atoms with Crippen LogP contribution in [-0.4, -0.2) is 27.1 Å². The summed E-state index contributed by atoms with van der Waals surface area (Å²) in [5.74, 6) is -0.460. The molecule has 2 heterocycles. The Morgan fingerprint density at radius 3 is 2.67 bits per heavy atom. The number of aromatic nitrogens is 2. The van der Waals surface area contributed by atoms with Gasteiger partial charge >= 0.3 is 0 Å². The van der Waals surface area contributed by atoms with Gasteiger partial charge in [0.1, 0.15) is 0 Å². The Balaban J connectivity index is 1.58. The van der Waals surface area contributed by atoms with E-state index in [0.717, 1.165) is 27.4 Å². The lowest BCUT2D eigenvalue weighted by atomic mass is 10.2. The fourth-order valence-corrected chi connectivity index (χ4v) is 4.12. The molecule has 27 heavy (non-hydrogen) atoms. The number of hydrogen-bond donors (Lipinski definition) is 2. The Bertz CT molecular complexity index is 924. The zero-order valence-electron chi connectivity index (χ0n) is 14.4. The second-order valence-electron chi connectivity index (χ2n) is 5.45. The molecule has 0 saturated heterocycles. The molecule has 2 amide bonds. The van der Waals surface area contributed by atoms with E-state index in [1.165, 1.54) is 23.1 Å². The van der Waals surface area contributed by atoms with Crippen LogP contribution in [0.15, 0.2) is 57.6 Å². The standard InChI is InChI=1S/C18H17BrN4O2S2/c1-2-23-14(12-5-7-13(19)8-6-12)10-20-18(23)27-11-16(24)21-22-17(25)15-4-3-9-26-15/h3-10H,2,11H2,1H3,(H,21,24)(H,22,25). The van der Waals surface area contributed by atoms with E-state index in [-0.39, 0.29) is 17.6 Å². The normalized spacial score (nSPS) is 10.6. The average Bonchev–Trinajstić information content (AvgIpc) is 3.34. The Morgan fingerprint density at radius 2 is 2.00 bits per heavy atom. The SMILES string of the molecule is CCn1c(-c2ccc(Br)cc2)cnc1SCC(=O)NNC(=O)c1cccs1. The van der Waals surface area contributed by atoms with Gasteiger partial charge in [-0.05, 0) is 36.1 Å². The minimum atomic E-state index is -0.323. The molecule has 6 nitrogen and oxygen atoms in total. The van der Waals surface area contributed by atoms with Crippen molar-refractivity contribution in [3.8, 4) is 11.3 Å². The van der Waals surface area contributed by atoms with Gasteiger partial charge in [-0.1, -0.05) is 45.9 Å². The first-order chi connectivity index (χ1) is 13.1. The van der Waals surface area contributed by atoms with Gasteiger partial charge in [-0.2, -0.15) is 0 Å². The molecule has 0 aliphatic rings. The predicted molar refractivity (Wildman–Crippen MR) is 112 cm³/mol. The molecular formula is C18H17BrN4O2S2. The van der Waals surface area contributed by atoms with Crippen LogP contribution in [0.4, 0.5) is 0 Å². The lowest BCUT2D eigenvalue weighted by Gasteiger charge is -2.10. The van der Waals surface area contributed by atoms with E-state index in [9.17, 15) is 9.59 Å². The molecule has 0 aliphatic carbocycles. The second-order valence-corrected chi connectivity index (χ2v) is 8.25. The second kappa shape index (κ2) is 9.20. The number of imidazole rings is 1. The van der Waals surface area contributed by atoms with Crippen LogP contribution < -0.4 is 10.9 Å². The van der Waals surface area contributed by atoms with E-state index in [0.29, 0.717) is 4.88 Å². The number of rotatable bonds is 6. The highest BCUT2D eigenvalue weighted by molar-refractivity contribution is 9.10. The third-order valence-electron chi connectivity index (χ3n) is 3.67. The van der Waals surface area contributed by atoms with E-state index < -0.39 is 0 Å². The molecule has 0 spiro atoms. The predicted octanol–water partition coefficient (Wildman–Crippen LogP) is 3.95. The minimum absolute atomic E-state index is 0.154. The summed E-state index contributed by atoms with van der Waals surface area (Å²) in [5, 5.41) is 2.57. The van der Waals surface area contributed by atoms with Gasteiger partial charge < -0.3 is 4.57 Å². The molecule has 3 rings (SSSR count). The first kappa shape index (κ1) is 19.7. The number of thiophene rings is 1. The topological polar surface area (TPSA) is 76.0 Å². The number of benzene rings is 1. The number of thioether (sulfide) groups is 1. The molecular weight excluding hydrogens is 448 g/mol. The number of hydrogen-bond acceptors (Lipinski definition) is 5. The van der Waals surface area contributed by atoms with Crippen molar-refractivity contribution in [2.75, 3.05) is 5.75 Å². The van der Waals surface area contributed by atoms with Crippen molar-refractivity contribution in [1.82, 2.24) is 20.4 Å². The maximum absolute atomic E-state index is 12.0. The highest BCUT2D eigenvalue weighted by Gasteiger charge is 2.13. The molecule has 2 aromatic heterocycles. The van der Waals surface area contributed by atoms with E-state index in [2.05, 4.69) is 36.3 Å². The third kappa shape index (κ3) is 5.00. The van der Waals surface area contributed by atoms with E-state index >= 15 is 0 Å². The largest absolute Gasteiger partial charge is 0.319 e. The molecule has 0 saturated carbocycles. The highest BCUT2D eigenvalue weighted by atomic mass is 79.9. The molecule has 0 aliphatic heterocycles. The molecule has 0 unspecified atom stereocenters. The van der Waals surface area contributed by atoms with Crippen LogP contribution in [0.25, 0.3) is 11.3 Å². The summed E-state index contributed by atoms with van der Waals surface area (Å²) in [7, 11) is 0. The summed E-state index contributed by atoms with van der Waals surface area (Å²) in [6.07, 6.45) is 1.81. The highest BCUT2D eigenvalue weighted by Crippen LogP contribution is 2.27. The summed E-state index contributed by atoms with van der Waals surface area (Å²) in [5.41, 5.74) is 6.90. The Kier molecular flexibility index (Phi) is 6.70. The number of hydrazine groups is 1. The molecule has 1 aromatic carbocycles. The fraction of sp³-hybridized carbons (Fsp3) is 0.167. The molecule has 2 N–H and O–H groups in total. The zero-order chi connectivity index (χ0) is 19.2. The Morgan fingerprint density at radius 1 is 1.22 bits per heavy atom. The van der Waals surface area contributed by atoms with E-state index in [1.54, 1.807) is 17.5 Å². The first-order valence-corrected chi connectivity index (χ1v) is 10.8. The first-order valence-electron chi connectivity index (χ1n) is 8.15. The van der Waals surface area contributed by atoms with Crippen molar-refractivity contribution in [2.24, 2.45) is 0 Å². The Labute approximate surface area is 173 Å². The summed E-state index contributed by atoms with van der Waals surface area (Å²) >= 11 is 6.08. The smallest absolute Gasteiger partial charge is 0.279 e. The minimum Gasteiger partial charge on any atom is -0.319 e. The van der Waals surface area contributed by atoms with Gasteiger partial charge in [0.05, 0.1) is 22.5 Å². The third-order valence-corrected chi connectivity index (χ3v) is 6.06. The van der Waals surface area contributed by atoms with Crippen LogP contribution in [0.2, 0.25) is 0 Å². The van der Waals surface area contributed by atoms with Crippen LogP contribution in [0, 0.1) is 0 Å². The quantitative estimate of drug-likeness (QED) is 0.427. The van der Waals surface area contributed by atoms with Crippen LogP contribution in [-0.2, 0) is 11.3 Å². The lowest BCUT2D eigenvalue weighted by Crippen LogP contribution is -2.42. The van der Waals surface area contributed by atoms with Gasteiger partial charge in [-0.25, -0.2) is 4.98 Å². The van der Waals surface area contributed by atoms with Gasteiger partial charge in [0, 0.05) is 11.0 Å². The number of carbonyl (C=O) groups excluding carboxylic acids is 2. The van der Waals surface area contributed by atoms with Crippen molar-refractivity contribution < 1.29 is 9.59 Å². The van der Waals surface area contributed by atoms with Crippen molar-refractivity contribution >= 4 is 50.8 Å². The molecule has 0 radical (unpaired) electrons. The fourth-order valence-electron chi connectivity index (χ4n) is 2.39. The summed E-state index contributed by atoms with van der Waals surface area (Å²) in [6, 6.07) is 11.5. The summed E-state index contributed by atoms with van der Waals surface area (Å²) in [4.78, 5) is 28.8. The molecule has 0 bridgehead atoms. The monoisotopic (exact) mass is 464 g/mol. The van der Waals surface area contributed by atoms with Crippen molar-refractivity contribution in [3.63, 3.8) is 0 Å². The van der Waals surface area contributed by atoms with Crippen LogP contribution in [0.1, 0.15) is 16.6 Å². The van der Waals surface area contributed by atoms with Gasteiger partial charge in [-0.3, -0.25) is 20.4 Å². The molecule has 3 aromatic rings. The summed E-state index contributed by atoms with van der Waals surface area (Å²) < 4.78 is 3.08. The zero-order valence-corrected chi connectivity index (χ0v) is 17.7. The number of nitrogens with one attached hydrogen (secondary N) is 2. The van der Waals surface area contributed by atoms with Gasteiger partial charge in [0.25, 0.3) is 5.91 Å². The van der Waals surface area contributed by atoms with E-state index in [4.69, 9.17) is 0 Å². The van der Waals surface area contributed by atoms with Crippen LogP contribution in [0.3, 0.4) is 0 Å². The number of carbonyl (C=O) groups is 2. The van der Waals surface area contributed by atoms with Crippen LogP contribution in [0.5, 0.6) is 0 Å². The lowest BCUT2D eigenvalue weighted by molar-refractivity contribution is -0.119. The Hall–Kier alpha value is -2.10. The number of halogens is 1. The van der Waals surface area contributed by atoms with Crippen molar-refractivity contribution in [1.29, 1.82) is 0 Å². The van der Waals surface area contributed by atoms with Gasteiger partial charge in [0.15, 0.2) is 5.16 Å². The molecule has 0 atom stereocenters. The van der Waals surface area contributed by atoms with Crippen LogP contribution >= 0.6 is 39.0 Å².